The molecule has 0 unspecified atom stereocenters. The maximum absolute atomic E-state index is 9.39. The summed E-state index contributed by atoms with van der Waals surface area (Å²) < 4.78 is 1.83. The number of aryl methyl sites for hydroxylation is 2. The van der Waals surface area contributed by atoms with E-state index in [4.69, 9.17) is 28.2 Å². The van der Waals surface area contributed by atoms with Gasteiger partial charge in [0.05, 0.1) is 17.9 Å². The summed E-state index contributed by atoms with van der Waals surface area (Å²) in [6.07, 6.45) is 2.82. The second-order valence-electron chi connectivity index (χ2n) is 8.17. The molecule has 1 saturated heterocycles. The number of fused-ring (bicyclic) bond motifs is 1. The number of aliphatic imine (C=N–C) groups is 1. The summed E-state index contributed by atoms with van der Waals surface area (Å²) in [4.78, 5) is 17.1. The Labute approximate surface area is 197 Å². The van der Waals surface area contributed by atoms with Crippen molar-refractivity contribution in [3.05, 3.63) is 45.5 Å². The third-order valence-electron chi connectivity index (χ3n) is 5.57. The number of guanidine groups is 1. The minimum atomic E-state index is 0.293. The van der Waals surface area contributed by atoms with Crippen LogP contribution in [0.15, 0.2) is 23.2 Å². The van der Waals surface area contributed by atoms with Gasteiger partial charge in [-0.2, -0.15) is 10.4 Å². The molecule has 0 atom stereocenters. The Kier molecular flexibility index (Phi) is 6.22. The molecule has 3 aromatic rings. The minimum absolute atomic E-state index is 0.293. The zero-order chi connectivity index (χ0) is 23.0. The molecule has 1 aliphatic heterocycles. The molecule has 8 nitrogen and oxygen atoms in total. The Morgan fingerprint density at radius 1 is 1.16 bits per heavy atom. The highest BCUT2D eigenvalue weighted by molar-refractivity contribution is 6.33. The zero-order valence-electron chi connectivity index (χ0n) is 18.5. The first-order valence-corrected chi connectivity index (χ1v) is 11.2. The summed E-state index contributed by atoms with van der Waals surface area (Å²) in [6, 6.07) is 5.59. The van der Waals surface area contributed by atoms with E-state index in [2.05, 4.69) is 39.9 Å². The van der Waals surface area contributed by atoms with Crippen molar-refractivity contribution in [3.8, 4) is 6.19 Å². The van der Waals surface area contributed by atoms with Crippen molar-refractivity contribution in [3.63, 3.8) is 0 Å². The van der Waals surface area contributed by atoms with Gasteiger partial charge in [0.15, 0.2) is 5.65 Å². The third kappa shape index (κ3) is 4.23. The lowest BCUT2D eigenvalue weighted by Gasteiger charge is -2.38. The fourth-order valence-corrected chi connectivity index (χ4v) is 4.68. The van der Waals surface area contributed by atoms with Crippen molar-refractivity contribution in [2.45, 2.75) is 39.7 Å². The van der Waals surface area contributed by atoms with Gasteiger partial charge < -0.3 is 9.80 Å². The number of nitriles is 1. The van der Waals surface area contributed by atoms with Crippen LogP contribution in [0.2, 0.25) is 10.3 Å². The molecule has 4 rings (SSSR count). The highest BCUT2D eigenvalue weighted by atomic mass is 35.5. The Balaban J connectivity index is 1.73. The van der Waals surface area contributed by atoms with Gasteiger partial charge in [0.25, 0.3) is 0 Å². The van der Waals surface area contributed by atoms with E-state index in [9.17, 15) is 5.26 Å². The van der Waals surface area contributed by atoms with Crippen LogP contribution in [0, 0.1) is 18.4 Å². The summed E-state index contributed by atoms with van der Waals surface area (Å²) in [5, 5.41) is 15.7. The Bertz CT molecular complexity index is 1220. The molecule has 1 fully saturated rings. The Morgan fingerprint density at radius 3 is 2.53 bits per heavy atom. The molecule has 0 bridgehead atoms. The second kappa shape index (κ2) is 8.93. The average Bonchev–Trinajstić information content (AvgIpc) is 3.01. The number of rotatable bonds is 4. The summed E-state index contributed by atoms with van der Waals surface area (Å²) >= 11 is 12.2. The van der Waals surface area contributed by atoms with Gasteiger partial charge in [0.1, 0.15) is 10.3 Å². The normalized spacial score (nSPS) is 15.8. The Morgan fingerprint density at radius 2 is 1.88 bits per heavy atom. The first kappa shape index (κ1) is 22.3. The van der Waals surface area contributed by atoms with Gasteiger partial charge in [0, 0.05) is 31.2 Å². The van der Waals surface area contributed by atoms with Crippen LogP contribution in [0.25, 0.3) is 11.0 Å². The number of halogens is 2. The highest BCUT2D eigenvalue weighted by Crippen LogP contribution is 2.30. The van der Waals surface area contributed by atoms with Crippen molar-refractivity contribution in [2.75, 3.05) is 18.0 Å². The molecule has 3 aromatic heterocycles. The Hall–Kier alpha value is -2.89. The molecular formula is C22H24Cl2N8. The molecule has 0 aromatic carbocycles. The van der Waals surface area contributed by atoms with Crippen LogP contribution < -0.4 is 4.90 Å². The average molecular weight is 471 g/mol. The molecule has 32 heavy (non-hydrogen) atoms. The molecule has 0 N–H and O–H groups in total. The number of hydrogen-bond acceptors (Lipinski definition) is 5. The topological polar surface area (TPSA) is 86.2 Å². The second-order valence-corrected chi connectivity index (χ2v) is 8.95. The summed E-state index contributed by atoms with van der Waals surface area (Å²) in [6.45, 7) is 8.33. The predicted molar refractivity (Wildman–Crippen MR) is 127 cm³/mol. The quantitative estimate of drug-likeness (QED) is 0.407. The number of hydrogen-bond donors (Lipinski definition) is 0. The van der Waals surface area contributed by atoms with Crippen molar-refractivity contribution >= 4 is 45.9 Å². The van der Waals surface area contributed by atoms with E-state index >= 15 is 0 Å². The van der Waals surface area contributed by atoms with Crippen LogP contribution in [0.1, 0.15) is 43.1 Å². The van der Waals surface area contributed by atoms with Gasteiger partial charge >= 0.3 is 0 Å². The molecule has 0 saturated carbocycles. The molecule has 1 aliphatic rings. The largest absolute Gasteiger partial charge is 0.336 e. The van der Waals surface area contributed by atoms with Crippen molar-refractivity contribution in [1.29, 1.82) is 5.26 Å². The molecular weight excluding hydrogens is 447 g/mol. The third-order valence-corrected chi connectivity index (χ3v) is 5.96. The van der Waals surface area contributed by atoms with E-state index in [1.807, 2.05) is 29.7 Å². The molecule has 4 heterocycles. The van der Waals surface area contributed by atoms with Crippen molar-refractivity contribution in [2.24, 2.45) is 12.0 Å². The lowest BCUT2D eigenvalue weighted by Crippen LogP contribution is -2.50. The standard InChI is InChI=1S/C22H24Cl2N8/c1-13(2)17-8-15(27-21-20(17)14(3)29-30(21)4)11-31-6-5-7-32(22(31)26-12-25)16-9-18(23)28-19(24)10-16/h8-10,13H,5-7,11H2,1-4H3/b26-22-. The molecule has 0 aliphatic carbocycles. The van der Waals surface area contributed by atoms with E-state index in [0.29, 0.717) is 35.3 Å². The molecule has 0 radical (unpaired) electrons. The van der Waals surface area contributed by atoms with Gasteiger partial charge in [-0.05, 0) is 43.0 Å². The first-order chi connectivity index (χ1) is 15.3. The predicted octanol–water partition coefficient (Wildman–Crippen LogP) is 4.65. The minimum Gasteiger partial charge on any atom is -0.336 e. The molecule has 0 spiro atoms. The van der Waals surface area contributed by atoms with Gasteiger partial charge in [-0.1, -0.05) is 37.0 Å². The lowest BCUT2D eigenvalue weighted by molar-refractivity contribution is 0.371. The van der Waals surface area contributed by atoms with Crippen LogP contribution in [-0.4, -0.2) is 43.7 Å². The fraction of sp³-hybridized carbons (Fsp3) is 0.409. The monoisotopic (exact) mass is 470 g/mol. The van der Waals surface area contributed by atoms with Crippen LogP contribution in [0.4, 0.5) is 5.69 Å². The van der Waals surface area contributed by atoms with E-state index in [-0.39, 0.29) is 0 Å². The number of aromatic nitrogens is 4. The van der Waals surface area contributed by atoms with E-state index < -0.39 is 0 Å². The summed E-state index contributed by atoms with van der Waals surface area (Å²) in [5.74, 6) is 0.875. The van der Waals surface area contributed by atoms with Gasteiger partial charge in [-0.15, -0.1) is 4.99 Å². The maximum atomic E-state index is 9.39. The molecule has 166 valence electrons. The highest BCUT2D eigenvalue weighted by Gasteiger charge is 2.27. The van der Waals surface area contributed by atoms with Crippen LogP contribution in [0.5, 0.6) is 0 Å². The SMILES string of the molecule is Cc1nn(C)c2nc(CN3CCCN(c4cc(Cl)nc(Cl)c4)/C3=N\C#N)cc(C(C)C)c12. The number of anilines is 1. The maximum Gasteiger partial charge on any atom is 0.217 e. The van der Waals surface area contributed by atoms with Crippen LogP contribution in [0.3, 0.4) is 0 Å². The van der Waals surface area contributed by atoms with Gasteiger partial charge in [-0.3, -0.25) is 4.68 Å². The fourth-order valence-electron chi connectivity index (χ4n) is 4.23. The molecule has 10 heteroatoms. The number of pyridine rings is 2. The van der Waals surface area contributed by atoms with Crippen molar-refractivity contribution in [1.82, 2.24) is 24.6 Å². The number of nitrogens with zero attached hydrogens (tertiary/aromatic N) is 8. The van der Waals surface area contributed by atoms with Crippen LogP contribution >= 0.6 is 23.2 Å². The lowest BCUT2D eigenvalue weighted by atomic mass is 9.98. The van der Waals surface area contributed by atoms with Crippen molar-refractivity contribution < 1.29 is 0 Å². The summed E-state index contributed by atoms with van der Waals surface area (Å²) in [7, 11) is 1.92. The van der Waals surface area contributed by atoms with E-state index in [1.165, 1.54) is 5.56 Å². The van der Waals surface area contributed by atoms with E-state index in [0.717, 1.165) is 41.1 Å². The van der Waals surface area contributed by atoms with Gasteiger partial charge in [-0.25, -0.2) is 9.97 Å². The summed E-state index contributed by atoms with van der Waals surface area (Å²) in [5.41, 5.74) is 4.72. The van der Waals surface area contributed by atoms with E-state index in [1.54, 1.807) is 12.1 Å². The van der Waals surface area contributed by atoms with Gasteiger partial charge in [0.2, 0.25) is 12.2 Å². The smallest absolute Gasteiger partial charge is 0.217 e. The first-order valence-electron chi connectivity index (χ1n) is 10.4. The zero-order valence-corrected chi connectivity index (χ0v) is 20.0. The van der Waals surface area contributed by atoms with Crippen LogP contribution in [-0.2, 0) is 13.6 Å². The molecule has 0 amide bonds.